The van der Waals surface area contributed by atoms with Gasteiger partial charge < -0.3 is 0 Å². The van der Waals surface area contributed by atoms with Gasteiger partial charge in [0, 0.05) is 17.2 Å². The van der Waals surface area contributed by atoms with Crippen LogP contribution in [0.25, 0.3) is 0 Å². The average molecular weight is 309 g/mol. The van der Waals surface area contributed by atoms with Gasteiger partial charge in [0.1, 0.15) is 0 Å². The maximum Gasteiger partial charge on any atom is 0.0889 e. The van der Waals surface area contributed by atoms with E-state index >= 15 is 0 Å². The first kappa shape index (κ1) is 13.3. The van der Waals surface area contributed by atoms with Crippen molar-refractivity contribution in [2.24, 2.45) is 5.84 Å². The molecule has 3 N–H and O–H groups in total. The minimum absolute atomic E-state index is 0.0672. The predicted octanol–water partition coefficient (Wildman–Crippen LogP) is 2.53. The number of hydrogen-bond acceptors (Lipinski definition) is 3. The molecule has 0 aliphatic rings. The quantitative estimate of drug-likeness (QED) is 0.674. The van der Waals surface area contributed by atoms with Crippen LogP contribution in [0.4, 0.5) is 0 Å². The molecule has 0 aliphatic carbocycles. The Morgan fingerprint density at radius 2 is 2.22 bits per heavy atom. The summed E-state index contributed by atoms with van der Waals surface area (Å²) >= 11 is 3.60. The molecule has 18 heavy (non-hydrogen) atoms. The number of nitrogens with two attached hydrogens (primary N) is 1. The zero-order valence-electron chi connectivity index (χ0n) is 10.5. The zero-order valence-corrected chi connectivity index (χ0v) is 12.1. The highest BCUT2D eigenvalue weighted by Crippen LogP contribution is 2.28. The number of hydrazine groups is 1. The van der Waals surface area contributed by atoms with Crippen molar-refractivity contribution >= 4 is 15.9 Å². The highest BCUT2D eigenvalue weighted by atomic mass is 79.9. The van der Waals surface area contributed by atoms with Crippen LogP contribution in [-0.4, -0.2) is 9.78 Å². The normalized spacial score (nSPS) is 12.7. The lowest BCUT2D eigenvalue weighted by atomic mass is 10.0. The summed E-state index contributed by atoms with van der Waals surface area (Å²) in [5, 5.41) is 4.28. The van der Waals surface area contributed by atoms with Crippen LogP contribution >= 0.6 is 15.9 Å². The van der Waals surface area contributed by atoms with E-state index in [2.05, 4.69) is 58.5 Å². The van der Waals surface area contributed by atoms with Crippen molar-refractivity contribution in [2.45, 2.75) is 26.4 Å². The molecular weight excluding hydrogens is 292 g/mol. The van der Waals surface area contributed by atoms with Crippen LogP contribution in [0.2, 0.25) is 0 Å². The fourth-order valence-electron chi connectivity index (χ4n) is 2.05. The summed E-state index contributed by atoms with van der Waals surface area (Å²) in [6.45, 7) is 4.95. The zero-order chi connectivity index (χ0) is 13.1. The molecule has 0 saturated carbocycles. The van der Waals surface area contributed by atoms with Crippen LogP contribution in [0.3, 0.4) is 0 Å². The number of nitrogens with zero attached hydrogens (tertiary/aromatic N) is 2. The molecule has 1 aromatic heterocycles. The van der Waals surface area contributed by atoms with Crippen LogP contribution in [0, 0.1) is 6.92 Å². The van der Waals surface area contributed by atoms with Gasteiger partial charge in [-0.05, 0) is 37.1 Å². The minimum Gasteiger partial charge on any atom is -0.271 e. The predicted molar refractivity (Wildman–Crippen MR) is 75.9 cm³/mol. The van der Waals surface area contributed by atoms with Crippen LogP contribution in [-0.2, 0) is 6.54 Å². The van der Waals surface area contributed by atoms with Gasteiger partial charge in [0.05, 0.1) is 11.7 Å². The SMILES string of the molecule is CCn1nccc1C(NN)c1ccc(C)cc1Br. The molecule has 1 unspecified atom stereocenters. The molecule has 0 radical (unpaired) electrons. The van der Waals surface area contributed by atoms with Gasteiger partial charge in [0.25, 0.3) is 0 Å². The Bertz CT molecular complexity index is 536. The van der Waals surface area contributed by atoms with Crippen molar-refractivity contribution in [1.82, 2.24) is 15.2 Å². The third-order valence-corrected chi connectivity index (χ3v) is 3.67. The lowest BCUT2D eigenvalue weighted by Crippen LogP contribution is -2.31. The first-order valence-corrected chi connectivity index (χ1v) is 6.70. The molecule has 0 aliphatic heterocycles. The highest BCUT2D eigenvalue weighted by Gasteiger charge is 2.18. The van der Waals surface area contributed by atoms with Gasteiger partial charge in [-0.15, -0.1) is 0 Å². The molecule has 1 atom stereocenters. The van der Waals surface area contributed by atoms with Crippen molar-refractivity contribution < 1.29 is 0 Å². The van der Waals surface area contributed by atoms with E-state index in [-0.39, 0.29) is 6.04 Å². The average Bonchev–Trinajstić information content (AvgIpc) is 2.81. The third kappa shape index (κ3) is 2.48. The number of benzene rings is 1. The molecule has 1 aromatic carbocycles. The molecular formula is C13H17BrN4. The number of aryl methyl sites for hydroxylation is 2. The fraction of sp³-hybridized carbons (Fsp3) is 0.308. The Hall–Kier alpha value is -1.17. The van der Waals surface area contributed by atoms with Crippen LogP contribution in [0.5, 0.6) is 0 Å². The molecule has 96 valence electrons. The lowest BCUT2D eigenvalue weighted by molar-refractivity contribution is 0.542. The smallest absolute Gasteiger partial charge is 0.0889 e. The van der Waals surface area contributed by atoms with Crippen molar-refractivity contribution in [2.75, 3.05) is 0 Å². The maximum absolute atomic E-state index is 5.71. The van der Waals surface area contributed by atoms with E-state index in [1.807, 2.05) is 10.7 Å². The van der Waals surface area contributed by atoms with Crippen LogP contribution < -0.4 is 11.3 Å². The summed E-state index contributed by atoms with van der Waals surface area (Å²) in [6.07, 6.45) is 1.80. The second kappa shape index (κ2) is 5.65. The maximum atomic E-state index is 5.71. The Balaban J connectivity index is 2.45. The van der Waals surface area contributed by atoms with E-state index in [1.54, 1.807) is 6.20 Å². The van der Waals surface area contributed by atoms with Crippen LogP contribution in [0.1, 0.15) is 29.8 Å². The highest BCUT2D eigenvalue weighted by molar-refractivity contribution is 9.10. The van der Waals surface area contributed by atoms with Crippen LogP contribution in [0.15, 0.2) is 34.9 Å². The van der Waals surface area contributed by atoms with Gasteiger partial charge in [-0.2, -0.15) is 5.10 Å². The Labute approximate surface area is 115 Å². The lowest BCUT2D eigenvalue weighted by Gasteiger charge is -2.19. The van der Waals surface area contributed by atoms with Gasteiger partial charge in [-0.25, -0.2) is 5.43 Å². The summed E-state index contributed by atoms with van der Waals surface area (Å²) in [6, 6.07) is 8.17. The first-order chi connectivity index (χ1) is 8.67. The molecule has 2 rings (SSSR count). The minimum atomic E-state index is -0.0672. The summed E-state index contributed by atoms with van der Waals surface area (Å²) in [4.78, 5) is 0. The monoisotopic (exact) mass is 308 g/mol. The number of halogens is 1. The molecule has 0 fully saturated rings. The second-order valence-corrected chi connectivity index (χ2v) is 5.05. The van der Waals surface area contributed by atoms with Crippen molar-refractivity contribution in [3.8, 4) is 0 Å². The number of hydrogen-bond donors (Lipinski definition) is 2. The van der Waals surface area contributed by atoms with E-state index in [1.165, 1.54) is 5.56 Å². The summed E-state index contributed by atoms with van der Waals surface area (Å²) < 4.78 is 2.99. The van der Waals surface area contributed by atoms with E-state index in [9.17, 15) is 0 Å². The van der Waals surface area contributed by atoms with Gasteiger partial charge >= 0.3 is 0 Å². The molecule has 5 heteroatoms. The molecule has 0 saturated heterocycles. The molecule has 0 bridgehead atoms. The number of aromatic nitrogens is 2. The topological polar surface area (TPSA) is 55.9 Å². The fourth-order valence-corrected chi connectivity index (χ4v) is 2.78. The van der Waals surface area contributed by atoms with E-state index in [0.717, 1.165) is 22.3 Å². The van der Waals surface area contributed by atoms with Gasteiger partial charge in [0.15, 0.2) is 0 Å². The van der Waals surface area contributed by atoms with Gasteiger partial charge in [-0.3, -0.25) is 10.5 Å². The second-order valence-electron chi connectivity index (χ2n) is 4.20. The molecule has 1 heterocycles. The largest absolute Gasteiger partial charge is 0.271 e. The van der Waals surface area contributed by atoms with Gasteiger partial charge in [-0.1, -0.05) is 28.1 Å². The van der Waals surface area contributed by atoms with E-state index in [4.69, 9.17) is 5.84 Å². The van der Waals surface area contributed by atoms with Gasteiger partial charge in [0.2, 0.25) is 0 Å². The number of nitrogens with one attached hydrogen (secondary N) is 1. The van der Waals surface area contributed by atoms with Crippen molar-refractivity contribution in [3.63, 3.8) is 0 Å². The molecule has 0 spiro atoms. The summed E-state index contributed by atoms with van der Waals surface area (Å²) in [5.41, 5.74) is 6.25. The van der Waals surface area contributed by atoms with Crippen molar-refractivity contribution in [1.29, 1.82) is 0 Å². The Morgan fingerprint density at radius 3 is 2.83 bits per heavy atom. The van der Waals surface area contributed by atoms with E-state index < -0.39 is 0 Å². The summed E-state index contributed by atoms with van der Waals surface area (Å²) in [7, 11) is 0. The molecule has 4 nitrogen and oxygen atoms in total. The third-order valence-electron chi connectivity index (χ3n) is 2.98. The standard InChI is InChI=1S/C13H17BrN4/c1-3-18-12(6-7-16-18)13(17-15)10-5-4-9(2)8-11(10)14/h4-8,13,17H,3,15H2,1-2H3. The molecule has 2 aromatic rings. The Morgan fingerprint density at radius 1 is 1.44 bits per heavy atom. The first-order valence-electron chi connectivity index (χ1n) is 5.91. The van der Waals surface area contributed by atoms with E-state index in [0.29, 0.717) is 0 Å². The summed E-state index contributed by atoms with van der Waals surface area (Å²) in [5.74, 6) is 5.71. The Kier molecular flexibility index (Phi) is 4.16. The van der Waals surface area contributed by atoms with Crippen molar-refractivity contribution in [3.05, 3.63) is 51.8 Å². The molecule has 0 amide bonds. The number of rotatable bonds is 4.